The summed E-state index contributed by atoms with van der Waals surface area (Å²) in [4.78, 5) is 22.2. The number of rotatable bonds is 19. The lowest BCUT2D eigenvalue weighted by Crippen LogP contribution is -2.05. The summed E-state index contributed by atoms with van der Waals surface area (Å²) >= 11 is 0. The van der Waals surface area contributed by atoms with Gasteiger partial charge in [-0.05, 0) is 24.6 Å². The summed E-state index contributed by atoms with van der Waals surface area (Å²) in [6, 6.07) is 3.89. The summed E-state index contributed by atoms with van der Waals surface area (Å²) in [6.45, 7) is 2.73. The van der Waals surface area contributed by atoms with Crippen molar-refractivity contribution < 1.29 is 24.5 Å². The van der Waals surface area contributed by atoms with E-state index in [9.17, 15) is 9.59 Å². The van der Waals surface area contributed by atoms with E-state index in [-0.39, 0.29) is 11.1 Å². The van der Waals surface area contributed by atoms with E-state index in [2.05, 4.69) is 6.92 Å². The van der Waals surface area contributed by atoms with Crippen molar-refractivity contribution in [1.82, 2.24) is 0 Å². The van der Waals surface area contributed by atoms with E-state index in [1.807, 2.05) is 0 Å². The van der Waals surface area contributed by atoms with Gasteiger partial charge in [-0.3, -0.25) is 0 Å². The Morgan fingerprint density at radius 3 is 1.37 bits per heavy atom. The van der Waals surface area contributed by atoms with E-state index < -0.39 is 11.9 Å². The first kappa shape index (κ1) is 26.0. The number of unbranched alkanes of at least 4 members (excludes halogenated alkanes) is 14. The topological polar surface area (TPSA) is 83.8 Å². The standard InChI is InChI=1S/C25H40O5/c1-2-3-4-5-6-7-8-9-10-11-12-13-14-15-16-17-30-23-19-21(24(26)27)18-22(20-23)25(28)29/h18-20H,2-17H2,1H3,(H,26,27)(H,28,29). The van der Waals surface area contributed by atoms with Crippen LogP contribution >= 0.6 is 0 Å². The number of carbonyl (C=O) groups is 2. The fraction of sp³-hybridized carbons (Fsp3) is 0.680. The Bertz CT molecular complexity index is 579. The first-order valence-corrected chi connectivity index (χ1v) is 11.8. The average Bonchev–Trinajstić information content (AvgIpc) is 2.73. The molecule has 0 spiro atoms. The molecule has 0 aliphatic carbocycles. The molecule has 1 aromatic carbocycles. The van der Waals surface area contributed by atoms with Crippen molar-refractivity contribution in [2.75, 3.05) is 6.61 Å². The molecular weight excluding hydrogens is 380 g/mol. The first-order chi connectivity index (χ1) is 14.5. The number of carboxylic acid groups (broad SMARTS) is 2. The Labute approximate surface area is 181 Å². The molecule has 0 saturated carbocycles. The molecule has 0 amide bonds. The minimum atomic E-state index is -1.16. The molecule has 0 aliphatic rings. The zero-order valence-electron chi connectivity index (χ0n) is 18.7. The molecule has 30 heavy (non-hydrogen) atoms. The third-order valence-electron chi connectivity index (χ3n) is 5.42. The Balaban J connectivity index is 2.00. The zero-order chi connectivity index (χ0) is 22.0. The van der Waals surface area contributed by atoms with Crippen LogP contribution in [0.2, 0.25) is 0 Å². The summed E-state index contributed by atoms with van der Waals surface area (Å²) in [5.74, 6) is -2.01. The lowest BCUT2D eigenvalue weighted by atomic mass is 10.0. The molecule has 0 atom stereocenters. The molecule has 170 valence electrons. The zero-order valence-corrected chi connectivity index (χ0v) is 18.7. The highest BCUT2D eigenvalue weighted by atomic mass is 16.5. The number of carboxylic acids is 2. The fourth-order valence-corrected chi connectivity index (χ4v) is 3.59. The van der Waals surface area contributed by atoms with Crippen LogP contribution in [0.5, 0.6) is 5.75 Å². The molecule has 0 unspecified atom stereocenters. The van der Waals surface area contributed by atoms with Gasteiger partial charge in [-0.1, -0.05) is 96.8 Å². The van der Waals surface area contributed by atoms with Crippen LogP contribution in [-0.2, 0) is 0 Å². The third-order valence-corrected chi connectivity index (χ3v) is 5.42. The molecule has 0 aromatic heterocycles. The lowest BCUT2D eigenvalue weighted by Gasteiger charge is -2.08. The van der Waals surface area contributed by atoms with Crippen molar-refractivity contribution in [2.24, 2.45) is 0 Å². The molecule has 0 fully saturated rings. The lowest BCUT2D eigenvalue weighted by molar-refractivity contribution is 0.0696. The van der Waals surface area contributed by atoms with Crippen LogP contribution in [0.1, 0.15) is 124 Å². The maximum absolute atomic E-state index is 11.1. The number of aromatic carboxylic acids is 2. The smallest absolute Gasteiger partial charge is 0.335 e. The van der Waals surface area contributed by atoms with Gasteiger partial charge in [0.05, 0.1) is 17.7 Å². The van der Waals surface area contributed by atoms with Gasteiger partial charge < -0.3 is 14.9 Å². The fourth-order valence-electron chi connectivity index (χ4n) is 3.59. The number of hydrogen-bond acceptors (Lipinski definition) is 3. The summed E-state index contributed by atoms with van der Waals surface area (Å²) in [5, 5.41) is 18.2. The van der Waals surface area contributed by atoms with Gasteiger partial charge >= 0.3 is 11.9 Å². The van der Waals surface area contributed by atoms with Crippen LogP contribution in [-0.4, -0.2) is 28.8 Å². The van der Waals surface area contributed by atoms with E-state index in [0.717, 1.165) is 18.9 Å². The summed E-state index contributed by atoms with van der Waals surface area (Å²) in [7, 11) is 0. The second-order valence-electron chi connectivity index (χ2n) is 8.15. The van der Waals surface area contributed by atoms with E-state index in [1.54, 1.807) is 0 Å². The molecule has 1 aromatic rings. The Morgan fingerprint density at radius 1 is 0.633 bits per heavy atom. The molecule has 0 aliphatic heterocycles. The second kappa shape index (κ2) is 16.7. The van der Waals surface area contributed by atoms with E-state index in [4.69, 9.17) is 14.9 Å². The van der Waals surface area contributed by atoms with Crippen molar-refractivity contribution in [3.8, 4) is 5.75 Å². The Kier molecular flexibility index (Phi) is 14.5. The van der Waals surface area contributed by atoms with Gasteiger partial charge in [0.1, 0.15) is 5.75 Å². The van der Waals surface area contributed by atoms with Crippen LogP contribution in [0.15, 0.2) is 18.2 Å². The van der Waals surface area contributed by atoms with Gasteiger partial charge in [-0.25, -0.2) is 9.59 Å². The summed E-state index contributed by atoms with van der Waals surface area (Å²) in [5.41, 5.74) is -0.136. The number of ether oxygens (including phenoxy) is 1. The van der Waals surface area contributed by atoms with Crippen LogP contribution in [0, 0.1) is 0 Å². The Hall–Kier alpha value is -2.04. The third kappa shape index (κ3) is 12.5. The minimum Gasteiger partial charge on any atom is -0.494 e. The van der Waals surface area contributed by atoms with Gasteiger partial charge in [0.2, 0.25) is 0 Å². The SMILES string of the molecule is CCCCCCCCCCCCCCCCCOc1cc(C(=O)O)cc(C(=O)O)c1. The molecule has 1 rings (SSSR count). The Morgan fingerprint density at radius 2 is 1.00 bits per heavy atom. The number of benzene rings is 1. The van der Waals surface area contributed by atoms with Crippen molar-refractivity contribution in [3.05, 3.63) is 29.3 Å². The van der Waals surface area contributed by atoms with Crippen LogP contribution < -0.4 is 4.74 Å². The highest BCUT2D eigenvalue weighted by Crippen LogP contribution is 2.19. The predicted octanol–water partition coefficient (Wildman–Crippen LogP) is 7.33. The van der Waals surface area contributed by atoms with E-state index >= 15 is 0 Å². The van der Waals surface area contributed by atoms with Gasteiger partial charge in [-0.2, -0.15) is 0 Å². The van der Waals surface area contributed by atoms with Crippen molar-refractivity contribution in [2.45, 2.75) is 103 Å². The normalized spacial score (nSPS) is 10.8. The van der Waals surface area contributed by atoms with Crippen LogP contribution in [0.3, 0.4) is 0 Å². The molecule has 0 radical (unpaired) electrons. The predicted molar refractivity (Wildman–Crippen MR) is 121 cm³/mol. The maximum Gasteiger partial charge on any atom is 0.335 e. The molecule has 0 saturated heterocycles. The summed E-state index contributed by atoms with van der Waals surface area (Å²) in [6.07, 6.45) is 19.4. The van der Waals surface area contributed by atoms with E-state index in [0.29, 0.717) is 12.4 Å². The largest absolute Gasteiger partial charge is 0.494 e. The van der Waals surface area contributed by atoms with Gasteiger partial charge in [0.15, 0.2) is 0 Å². The monoisotopic (exact) mass is 420 g/mol. The second-order valence-corrected chi connectivity index (χ2v) is 8.15. The molecule has 0 bridgehead atoms. The highest BCUT2D eigenvalue weighted by Gasteiger charge is 2.12. The van der Waals surface area contributed by atoms with E-state index in [1.165, 1.54) is 95.6 Å². The molecule has 5 nitrogen and oxygen atoms in total. The molecular formula is C25H40O5. The molecule has 0 heterocycles. The summed E-state index contributed by atoms with van der Waals surface area (Å²) < 4.78 is 5.57. The molecule has 5 heteroatoms. The maximum atomic E-state index is 11.1. The van der Waals surface area contributed by atoms with Gasteiger partial charge in [0, 0.05) is 0 Å². The average molecular weight is 421 g/mol. The quantitative estimate of drug-likeness (QED) is 0.229. The molecule has 2 N–H and O–H groups in total. The van der Waals surface area contributed by atoms with Crippen LogP contribution in [0.25, 0.3) is 0 Å². The van der Waals surface area contributed by atoms with Crippen molar-refractivity contribution >= 4 is 11.9 Å². The number of hydrogen-bond donors (Lipinski definition) is 2. The minimum absolute atomic E-state index is 0.0682. The van der Waals surface area contributed by atoms with Crippen molar-refractivity contribution in [3.63, 3.8) is 0 Å². The van der Waals surface area contributed by atoms with Gasteiger partial charge in [0.25, 0.3) is 0 Å². The van der Waals surface area contributed by atoms with Crippen molar-refractivity contribution in [1.29, 1.82) is 0 Å². The van der Waals surface area contributed by atoms with Crippen LogP contribution in [0.4, 0.5) is 0 Å². The van der Waals surface area contributed by atoms with Gasteiger partial charge in [-0.15, -0.1) is 0 Å². The highest BCUT2D eigenvalue weighted by molar-refractivity contribution is 5.94. The first-order valence-electron chi connectivity index (χ1n) is 11.8.